The van der Waals surface area contributed by atoms with Gasteiger partial charge in [-0.3, -0.25) is 4.79 Å². The molecule has 2 N–H and O–H groups in total. The van der Waals surface area contributed by atoms with Crippen molar-refractivity contribution in [3.63, 3.8) is 0 Å². The zero-order chi connectivity index (χ0) is 21.1. The number of hydrogen-bond acceptors (Lipinski definition) is 10. The minimum atomic E-state index is 0.122. The Kier molecular flexibility index (Phi) is 5.88. The van der Waals surface area contributed by atoms with Gasteiger partial charge in [-0.25, -0.2) is 9.97 Å². The van der Waals surface area contributed by atoms with Crippen LogP contribution in [0.25, 0.3) is 11.4 Å². The first-order valence-corrected chi connectivity index (χ1v) is 10.2. The van der Waals surface area contributed by atoms with E-state index in [0.717, 1.165) is 39.0 Å². The summed E-state index contributed by atoms with van der Waals surface area (Å²) >= 11 is 0. The second-order valence-electron chi connectivity index (χ2n) is 7.54. The molecule has 2 aliphatic heterocycles. The Hall–Kier alpha value is -3.08. The molecule has 0 radical (unpaired) electrons. The lowest BCUT2D eigenvalue weighted by molar-refractivity contribution is -0.129. The highest BCUT2D eigenvalue weighted by Gasteiger charge is 2.27. The van der Waals surface area contributed by atoms with Crippen LogP contribution in [0.4, 0.5) is 17.8 Å². The molecule has 0 atom stereocenters. The quantitative estimate of drug-likeness (QED) is 0.742. The third kappa shape index (κ3) is 4.40. The number of piperidine rings is 1. The molecule has 4 heterocycles. The number of nitrogens with two attached hydrogens (primary N) is 1. The Morgan fingerprint density at radius 3 is 2.40 bits per heavy atom. The van der Waals surface area contributed by atoms with Gasteiger partial charge in [0.15, 0.2) is 5.82 Å². The van der Waals surface area contributed by atoms with Crippen molar-refractivity contribution in [3.8, 4) is 11.4 Å². The molecule has 11 heteroatoms. The Bertz CT molecular complexity index is 878. The molecule has 0 bridgehead atoms. The summed E-state index contributed by atoms with van der Waals surface area (Å²) in [5, 5.41) is 0. The van der Waals surface area contributed by atoms with Gasteiger partial charge in [-0.2, -0.15) is 15.0 Å². The molecule has 2 aromatic heterocycles. The van der Waals surface area contributed by atoms with Crippen molar-refractivity contribution in [2.75, 3.05) is 62.0 Å². The molecule has 1 amide bonds. The number of hydrogen-bond donors (Lipinski definition) is 1. The molecule has 30 heavy (non-hydrogen) atoms. The van der Waals surface area contributed by atoms with Crippen LogP contribution >= 0.6 is 0 Å². The number of amides is 1. The van der Waals surface area contributed by atoms with Crippen LogP contribution in [0.5, 0.6) is 0 Å². The number of rotatable bonds is 4. The number of anilines is 3. The normalized spacial score (nSPS) is 17.8. The molecule has 160 valence electrons. The van der Waals surface area contributed by atoms with Crippen LogP contribution in [0.15, 0.2) is 12.4 Å². The average Bonchev–Trinajstić information content (AvgIpc) is 2.79. The fourth-order valence-electron chi connectivity index (χ4n) is 3.73. The third-order valence-corrected chi connectivity index (χ3v) is 5.61. The summed E-state index contributed by atoms with van der Waals surface area (Å²) in [6.45, 7) is 5.82. The number of aromatic nitrogens is 5. The first-order chi connectivity index (χ1) is 14.5. The van der Waals surface area contributed by atoms with Crippen molar-refractivity contribution < 1.29 is 9.53 Å². The van der Waals surface area contributed by atoms with Crippen molar-refractivity contribution in [1.82, 2.24) is 29.8 Å². The zero-order valence-corrected chi connectivity index (χ0v) is 17.4. The standard InChI is InChI=1S/C19H27N9O2/c1-13(29)27-5-3-15(4-6-27)26(2)18-23-16(14-11-21-17(20)22-12-14)24-19(25-18)28-7-9-30-10-8-28/h11-12,15H,3-10H2,1-2H3,(H2,20,21,22). The van der Waals surface area contributed by atoms with Crippen LogP contribution < -0.4 is 15.5 Å². The number of nitrogens with zero attached hydrogens (tertiary/aromatic N) is 8. The molecule has 0 saturated carbocycles. The van der Waals surface area contributed by atoms with E-state index in [4.69, 9.17) is 20.4 Å². The van der Waals surface area contributed by atoms with Crippen molar-refractivity contribution in [2.24, 2.45) is 0 Å². The Balaban J connectivity index is 1.63. The monoisotopic (exact) mass is 413 g/mol. The number of likely N-dealkylation sites (tertiary alicyclic amines) is 1. The van der Waals surface area contributed by atoms with Gasteiger partial charge in [0, 0.05) is 58.6 Å². The van der Waals surface area contributed by atoms with Crippen molar-refractivity contribution in [1.29, 1.82) is 0 Å². The number of morpholine rings is 1. The Labute approximate surface area is 175 Å². The highest BCUT2D eigenvalue weighted by Crippen LogP contribution is 2.24. The summed E-state index contributed by atoms with van der Waals surface area (Å²) in [5.41, 5.74) is 6.31. The number of ether oxygens (including phenoxy) is 1. The van der Waals surface area contributed by atoms with E-state index in [-0.39, 0.29) is 17.9 Å². The topological polar surface area (TPSA) is 126 Å². The van der Waals surface area contributed by atoms with E-state index >= 15 is 0 Å². The van der Waals surface area contributed by atoms with E-state index in [2.05, 4.69) is 24.8 Å². The summed E-state index contributed by atoms with van der Waals surface area (Å²) in [6.07, 6.45) is 4.98. The van der Waals surface area contributed by atoms with Crippen LogP contribution in [0.2, 0.25) is 0 Å². The minimum absolute atomic E-state index is 0.122. The second kappa shape index (κ2) is 8.74. The van der Waals surface area contributed by atoms with Gasteiger partial charge in [-0.05, 0) is 12.8 Å². The van der Waals surface area contributed by atoms with E-state index in [1.807, 2.05) is 11.9 Å². The first kappa shape index (κ1) is 20.2. The highest BCUT2D eigenvalue weighted by molar-refractivity contribution is 5.73. The van der Waals surface area contributed by atoms with Crippen molar-refractivity contribution in [3.05, 3.63) is 12.4 Å². The van der Waals surface area contributed by atoms with E-state index in [9.17, 15) is 4.79 Å². The molecule has 0 aliphatic carbocycles. The lowest BCUT2D eigenvalue weighted by atomic mass is 10.0. The molecule has 2 aromatic rings. The summed E-state index contributed by atoms with van der Waals surface area (Å²) in [7, 11) is 2.00. The maximum atomic E-state index is 11.6. The smallest absolute Gasteiger partial charge is 0.230 e. The zero-order valence-electron chi connectivity index (χ0n) is 17.4. The van der Waals surface area contributed by atoms with Crippen LogP contribution in [0, 0.1) is 0 Å². The van der Waals surface area contributed by atoms with Crippen molar-refractivity contribution in [2.45, 2.75) is 25.8 Å². The SMILES string of the molecule is CC(=O)N1CCC(N(C)c2nc(-c3cnc(N)nc3)nc(N3CCOCC3)n2)CC1. The number of carbonyl (C=O) groups excluding carboxylic acids is 1. The van der Waals surface area contributed by atoms with E-state index in [0.29, 0.717) is 36.5 Å². The molecular formula is C19H27N9O2. The Morgan fingerprint density at radius 2 is 1.77 bits per heavy atom. The molecular weight excluding hydrogens is 386 g/mol. The lowest BCUT2D eigenvalue weighted by Crippen LogP contribution is -2.45. The highest BCUT2D eigenvalue weighted by atomic mass is 16.5. The van der Waals surface area contributed by atoms with Gasteiger partial charge in [0.2, 0.25) is 23.8 Å². The van der Waals surface area contributed by atoms with Gasteiger partial charge >= 0.3 is 0 Å². The summed E-state index contributed by atoms with van der Waals surface area (Å²) < 4.78 is 5.46. The van der Waals surface area contributed by atoms with Crippen LogP contribution in [0.3, 0.4) is 0 Å². The van der Waals surface area contributed by atoms with E-state index in [1.54, 1.807) is 19.3 Å². The first-order valence-electron chi connectivity index (χ1n) is 10.2. The van der Waals surface area contributed by atoms with Gasteiger partial charge in [-0.15, -0.1) is 0 Å². The molecule has 2 aliphatic rings. The molecule has 0 spiro atoms. The summed E-state index contributed by atoms with van der Waals surface area (Å²) in [4.78, 5) is 40.0. The van der Waals surface area contributed by atoms with Crippen molar-refractivity contribution >= 4 is 23.8 Å². The molecule has 2 saturated heterocycles. The van der Waals surface area contributed by atoms with Crippen LogP contribution in [-0.4, -0.2) is 88.2 Å². The maximum absolute atomic E-state index is 11.6. The average molecular weight is 413 g/mol. The van der Waals surface area contributed by atoms with Gasteiger partial charge in [0.1, 0.15) is 0 Å². The minimum Gasteiger partial charge on any atom is -0.378 e. The Morgan fingerprint density at radius 1 is 1.10 bits per heavy atom. The predicted molar refractivity (Wildman–Crippen MR) is 112 cm³/mol. The number of nitrogen functional groups attached to an aromatic ring is 1. The van der Waals surface area contributed by atoms with Gasteiger partial charge in [0.25, 0.3) is 0 Å². The predicted octanol–water partition coefficient (Wildman–Crippen LogP) is 0.195. The number of carbonyl (C=O) groups is 1. The van der Waals surface area contributed by atoms with E-state index in [1.165, 1.54) is 0 Å². The molecule has 0 aromatic carbocycles. The fraction of sp³-hybridized carbons (Fsp3) is 0.579. The summed E-state index contributed by atoms with van der Waals surface area (Å²) in [5.74, 6) is 2.05. The largest absolute Gasteiger partial charge is 0.378 e. The van der Waals surface area contributed by atoms with Gasteiger partial charge < -0.3 is 25.2 Å². The van der Waals surface area contributed by atoms with E-state index < -0.39 is 0 Å². The molecule has 2 fully saturated rings. The molecule has 0 unspecified atom stereocenters. The third-order valence-electron chi connectivity index (χ3n) is 5.61. The summed E-state index contributed by atoms with van der Waals surface area (Å²) in [6, 6.07) is 0.246. The van der Waals surface area contributed by atoms with Gasteiger partial charge in [-0.1, -0.05) is 0 Å². The van der Waals surface area contributed by atoms with Crippen LogP contribution in [0.1, 0.15) is 19.8 Å². The molecule has 4 rings (SSSR count). The van der Waals surface area contributed by atoms with Gasteiger partial charge in [0.05, 0.1) is 18.8 Å². The van der Waals surface area contributed by atoms with Crippen LogP contribution in [-0.2, 0) is 9.53 Å². The lowest BCUT2D eigenvalue weighted by Gasteiger charge is -2.36. The molecule has 11 nitrogen and oxygen atoms in total. The maximum Gasteiger partial charge on any atom is 0.230 e. The fourth-order valence-corrected chi connectivity index (χ4v) is 3.73. The second-order valence-corrected chi connectivity index (χ2v) is 7.54.